The lowest BCUT2D eigenvalue weighted by Gasteiger charge is -2.05. The first-order valence-electron chi connectivity index (χ1n) is 5.17. The number of nitrogens with one attached hydrogen (secondary N) is 1. The van der Waals surface area contributed by atoms with Gasteiger partial charge in [-0.1, -0.05) is 18.5 Å². The molecule has 0 saturated carbocycles. The van der Waals surface area contributed by atoms with Crippen molar-refractivity contribution < 1.29 is 0 Å². The molecule has 0 spiro atoms. The zero-order valence-corrected chi connectivity index (χ0v) is 12.4. The van der Waals surface area contributed by atoms with Gasteiger partial charge in [-0.3, -0.25) is 0 Å². The van der Waals surface area contributed by atoms with Crippen molar-refractivity contribution in [1.82, 2.24) is 9.97 Å². The molecule has 0 unspecified atom stereocenters. The summed E-state index contributed by atoms with van der Waals surface area (Å²) in [4.78, 5) is 9.82. The van der Waals surface area contributed by atoms with Crippen LogP contribution in [-0.2, 0) is 13.0 Å². The van der Waals surface area contributed by atoms with Crippen molar-refractivity contribution in [3.05, 3.63) is 37.8 Å². The molecule has 6 heteroatoms. The third kappa shape index (κ3) is 3.40. The second-order valence-electron chi connectivity index (χ2n) is 3.41. The van der Waals surface area contributed by atoms with Gasteiger partial charge in [-0.15, -0.1) is 11.3 Å². The van der Waals surface area contributed by atoms with E-state index < -0.39 is 0 Å². The van der Waals surface area contributed by atoms with E-state index in [2.05, 4.69) is 38.1 Å². The second kappa shape index (κ2) is 5.80. The van der Waals surface area contributed by atoms with Crippen LogP contribution in [0.15, 0.2) is 22.9 Å². The van der Waals surface area contributed by atoms with Crippen LogP contribution in [0.3, 0.4) is 0 Å². The zero-order chi connectivity index (χ0) is 12.3. The van der Waals surface area contributed by atoms with Gasteiger partial charge in [-0.2, -0.15) is 0 Å². The van der Waals surface area contributed by atoms with Crippen LogP contribution in [0.2, 0.25) is 5.02 Å². The second-order valence-corrected chi connectivity index (χ2v) is 5.93. The first-order valence-corrected chi connectivity index (χ1v) is 7.16. The molecular formula is C11H11BrClN3S. The summed E-state index contributed by atoms with van der Waals surface area (Å²) >= 11 is 11.1. The Kier molecular flexibility index (Phi) is 4.36. The van der Waals surface area contributed by atoms with E-state index in [-0.39, 0.29) is 0 Å². The molecule has 17 heavy (non-hydrogen) atoms. The summed E-state index contributed by atoms with van der Waals surface area (Å²) in [5.41, 5.74) is 0. The molecule has 0 bridgehead atoms. The normalized spacial score (nSPS) is 10.5. The molecule has 0 aliphatic rings. The van der Waals surface area contributed by atoms with Gasteiger partial charge in [0.2, 0.25) is 0 Å². The first kappa shape index (κ1) is 12.8. The minimum atomic E-state index is 0.603. The minimum Gasteiger partial charge on any atom is -0.362 e. The summed E-state index contributed by atoms with van der Waals surface area (Å²) in [7, 11) is 0. The standard InChI is InChI=1S/C11H11BrClN3S/c1-2-8-5-14-10(17-8)6-16-11-9(13)3-7(12)4-15-11/h3-5H,2,6H2,1H3,(H,15,16). The predicted molar refractivity (Wildman–Crippen MR) is 75.8 cm³/mol. The van der Waals surface area contributed by atoms with Crippen molar-refractivity contribution >= 4 is 44.7 Å². The van der Waals surface area contributed by atoms with Crippen LogP contribution in [0.4, 0.5) is 5.82 Å². The Hall–Kier alpha value is -0.650. The topological polar surface area (TPSA) is 37.8 Å². The Bertz CT molecular complexity index is 515. The molecule has 0 saturated heterocycles. The van der Waals surface area contributed by atoms with Gasteiger partial charge in [0, 0.05) is 21.7 Å². The molecule has 90 valence electrons. The highest BCUT2D eigenvalue weighted by atomic mass is 79.9. The lowest BCUT2D eigenvalue weighted by atomic mass is 10.4. The SMILES string of the molecule is CCc1cnc(CNc2ncc(Br)cc2Cl)s1. The summed E-state index contributed by atoms with van der Waals surface area (Å²) in [6.07, 6.45) is 4.65. The summed E-state index contributed by atoms with van der Waals surface area (Å²) in [5.74, 6) is 0.683. The molecule has 0 aliphatic heterocycles. The maximum absolute atomic E-state index is 6.06. The molecule has 2 aromatic heterocycles. The fourth-order valence-electron chi connectivity index (χ4n) is 1.30. The Labute approximate surface area is 117 Å². The van der Waals surface area contributed by atoms with Crippen molar-refractivity contribution in [2.45, 2.75) is 19.9 Å². The molecule has 0 aliphatic carbocycles. The molecule has 0 fully saturated rings. The number of aryl methyl sites for hydroxylation is 1. The lowest BCUT2D eigenvalue weighted by Crippen LogP contribution is -2.01. The van der Waals surface area contributed by atoms with E-state index in [1.807, 2.05) is 12.3 Å². The number of thiazole rings is 1. The van der Waals surface area contributed by atoms with Crippen LogP contribution in [-0.4, -0.2) is 9.97 Å². The molecule has 0 aromatic carbocycles. The van der Waals surface area contributed by atoms with E-state index in [9.17, 15) is 0 Å². The number of hydrogen-bond donors (Lipinski definition) is 1. The van der Waals surface area contributed by atoms with Gasteiger partial charge in [0.25, 0.3) is 0 Å². The van der Waals surface area contributed by atoms with Gasteiger partial charge in [-0.05, 0) is 28.4 Å². The average Bonchev–Trinajstić information content (AvgIpc) is 2.76. The Morgan fingerprint density at radius 2 is 2.24 bits per heavy atom. The van der Waals surface area contributed by atoms with Gasteiger partial charge >= 0.3 is 0 Å². The number of rotatable bonds is 4. The maximum Gasteiger partial charge on any atom is 0.145 e. The summed E-state index contributed by atoms with van der Waals surface area (Å²) in [6.45, 7) is 2.77. The third-order valence-corrected chi connectivity index (χ3v) is 4.03. The van der Waals surface area contributed by atoms with E-state index in [1.54, 1.807) is 17.5 Å². The van der Waals surface area contributed by atoms with Crippen molar-refractivity contribution in [1.29, 1.82) is 0 Å². The summed E-state index contributed by atoms with van der Waals surface area (Å²) < 4.78 is 0.871. The number of hydrogen-bond acceptors (Lipinski definition) is 4. The fourth-order valence-corrected chi connectivity index (χ4v) is 2.80. The van der Waals surface area contributed by atoms with Crippen LogP contribution in [0, 0.1) is 0 Å². The highest BCUT2D eigenvalue weighted by molar-refractivity contribution is 9.10. The highest BCUT2D eigenvalue weighted by Gasteiger charge is 2.04. The van der Waals surface area contributed by atoms with Crippen molar-refractivity contribution in [3.8, 4) is 0 Å². The van der Waals surface area contributed by atoms with Gasteiger partial charge < -0.3 is 5.32 Å². The molecule has 0 radical (unpaired) electrons. The monoisotopic (exact) mass is 331 g/mol. The average molecular weight is 333 g/mol. The van der Waals surface area contributed by atoms with Crippen LogP contribution < -0.4 is 5.32 Å². The first-order chi connectivity index (χ1) is 8.19. The Morgan fingerprint density at radius 3 is 2.88 bits per heavy atom. The van der Waals surface area contributed by atoms with Gasteiger partial charge in [0.05, 0.1) is 11.6 Å². The number of halogens is 2. The molecule has 2 aromatic rings. The number of aromatic nitrogens is 2. The quantitative estimate of drug-likeness (QED) is 0.915. The zero-order valence-electron chi connectivity index (χ0n) is 9.20. The molecule has 0 atom stereocenters. The van der Waals surface area contributed by atoms with Crippen molar-refractivity contribution in [2.24, 2.45) is 0 Å². The largest absolute Gasteiger partial charge is 0.362 e. The summed E-state index contributed by atoms with van der Waals surface area (Å²) in [6, 6.07) is 1.82. The van der Waals surface area contributed by atoms with Gasteiger partial charge in [0.15, 0.2) is 0 Å². The fraction of sp³-hybridized carbons (Fsp3) is 0.273. The molecule has 3 nitrogen and oxygen atoms in total. The van der Waals surface area contributed by atoms with Gasteiger partial charge in [-0.25, -0.2) is 9.97 Å². The van der Waals surface area contributed by atoms with E-state index in [0.717, 1.165) is 15.9 Å². The minimum absolute atomic E-state index is 0.603. The molecule has 0 amide bonds. The van der Waals surface area contributed by atoms with Crippen molar-refractivity contribution in [3.63, 3.8) is 0 Å². The third-order valence-electron chi connectivity index (χ3n) is 2.16. The number of anilines is 1. The van der Waals surface area contributed by atoms with E-state index in [0.29, 0.717) is 17.4 Å². The van der Waals surface area contributed by atoms with Crippen LogP contribution >= 0.6 is 38.9 Å². The lowest BCUT2D eigenvalue weighted by molar-refractivity contribution is 1.07. The Balaban J connectivity index is 2.02. The molecule has 2 heterocycles. The molecule has 2 rings (SSSR count). The maximum atomic E-state index is 6.06. The van der Waals surface area contributed by atoms with E-state index in [1.165, 1.54) is 4.88 Å². The van der Waals surface area contributed by atoms with Crippen molar-refractivity contribution in [2.75, 3.05) is 5.32 Å². The predicted octanol–water partition coefficient (Wildman–Crippen LogP) is 4.13. The highest BCUT2D eigenvalue weighted by Crippen LogP contribution is 2.23. The number of nitrogens with zero attached hydrogens (tertiary/aromatic N) is 2. The van der Waals surface area contributed by atoms with Crippen LogP contribution in [0.1, 0.15) is 16.8 Å². The smallest absolute Gasteiger partial charge is 0.145 e. The van der Waals surface area contributed by atoms with Crippen LogP contribution in [0.5, 0.6) is 0 Å². The number of pyridine rings is 1. The summed E-state index contributed by atoms with van der Waals surface area (Å²) in [5, 5.41) is 4.83. The van der Waals surface area contributed by atoms with Crippen LogP contribution in [0.25, 0.3) is 0 Å². The van der Waals surface area contributed by atoms with E-state index >= 15 is 0 Å². The van der Waals surface area contributed by atoms with E-state index in [4.69, 9.17) is 11.6 Å². The van der Waals surface area contributed by atoms with Gasteiger partial charge in [0.1, 0.15) is 10.8 Å². The molecular weight excluding hydrogens is 322 g/mol. The molecule has 1 N–H and O–H groups in total. The Morgan fingerprint density at radius 1 is 1.41 bits per heavy atom.